The average molecular weight is 333 g/mol. The fourth-order valence-corrected chi connectivity index (χ4v) is 2.51. The van der Waals surface area contributed by atoms with Gasteiger partial charge in [-0.25, -0.2) is 4.39 Å². The van der Waals surface area contributed by atoms with E-state index in [9.17, 15) is 9.18 Å². The molecule has 2 aromatic heterocycles. The summed E-state index contributed by atoms with van der Waals surface area (Å²) < 4.78 is 14.7. The van der Waals surface area contributed by atoms with Crippen molar-refractivity contribution in [2.45, 2.75) is 0 Å². The minimum atomic E-state index is -0.415. The van der Waals surface area contributed by atoms with Crippen LogP contribution in [0.3, 0.4) is 0 Å². The summed E-state index contributed by atoms with van der Waals surface area (Å²) in [6.07, 6.45) is 4.53. The van der Waals surface area contributed by atoms with Crippen LogP contribution < -0.4 is 5.32 Å². The smallest absolute Gasteiger partial charge is 0.248 e. The molecular weight excluding hydrogens is 321 g/mol. The number of fused-ring (bicyclic) bond motifs is 3. The van der Waals surface area contributed by atoms with Crippen LogP contribution in [0, 0.1) is 5.82 Å². The molecule has 0 unspecified atom stereocenters. The first-order valence-electron chi connectivity index (χ1n) is 7.54. The van der Waals surface area contributed by atoms with Crippen LogP contribution in [0.1, 0.15) is 5.82 Å². The standard InChI is InChI=1S/C18H12FN5O/c19-13-5-3-6-14(10-13)21-17(25)9-8-16-22-23-18-15-7-2-1-4-12(15)11-20-24(16)18/h1-11H,(H,21,25)/b9-8+. The number of carbonyl (C=O) groups excluding carboxylic acids is 1. The van der Waals surface area contributed by atoms with E-state index in [-0.39, 0.29) is 0 Å². The quantitative estimate of drug-likeness (QED) is 0.585. The Morgan fingerprint density at radius 2 is 2.00 bits per heavy atom. The van der Waals surface area contributed by atoms with E-state index < -0.39 is 11.7 Å². The Kier molecular flexibility index (Phi) is 3.66. The maximum absolute atomic E-state index is 13.1. The maximum atomic E-state index is 13.1. The Bertz CT molecular complexity index is 1120. The summed E-state index contributed by atoms with van der Waals surface area (Å²) in [5, 5.41) is 17.0. The SMILES string of the molecule is O=C(/C=C/c1nnc2c3ccccc3cnn12)Nc1cccc(F)c1. The minimum absolute atomic E-state index is 0.380. The molecule has 0 bridgehead atoms. The number of nitrogens with one attached hydrogen (secondary N) is 1. The summed E-state index contributed by atoms with van der Waals surface area (Å²) in [5.41, 5.74) is 0.994. The first kappa shape index (κ1) is 14.9. The molecule has 0 aliphatic rings. The lowest BCUT2D eigenvalue weighted by atomic mass is 10.2. The van der Waals surface area contributed by atoms with E-state index in [0.717, 1.165) is 10.8 Å². The van der Waals surface area contributed by atoms with Crippen molar-refractivity contribution in [3.63, 3.8) is 0 Å². The number of rotatable bonds is 3. The number of hydrogen-bond acceptors (Lipinski definition) is 4. The molecule has 25 heavy (non-hydrogen) atoms. The van der Waals surface area contributed by atoms with Crippen LogP contribution in [-0.2, 0) is 4.79 Å². The van der Waals surface area contributed by atoms with Gasteiger partial charge >= 0.3 is 0 Å². The summed E-state index contributed by atoms with van der Waals surface area (Å²) >= 11 is 0. The molecule has 0 aliphatic carbocycles. The molecule has 7 heteroatoms. The van der Waals surface area contributed by atoms with Crippen LogP contribution >= 0.6 is 0 Å². The molecule has 0 radical (unpaired) electrons. The van der Waals surface area contributed by atoms with Gasteiger partial charge in [-0.1, -0.05) is 30.3 Å². The molecule has 0 saturated carbocycles. The van der Waals surface area contributed by atoms with Gasteiger partial charge in [0, 0.05) is 22.5 Å². The van der Waals surface area contributed by atoms with Gasteiger partial charge in [-0.3, -0.25) is 4.79 Å². The molecule has 2 aromatic carbocycles. The molecule has 0 spiro atoms. The van der Waals surface area contributed by atoms with E-state index in [1.165, 1.54) is 30.4 Å². The topological polar surface area (TPSA) is 72.2 Å². The van der Waals surface area contributed by atoms with Crippen molar-refractivity contribution in [3.05, 3.63) is 72.4 Å². The molecule has 0 atom stereocenters. The van der Waals surface area contributed by atoms with Gasteiger partial charge in [-0.05, 0) is 24.3 Å². The van der Waals surface area contributed by atoms with Crippen LogP contribution in [-0.4, -0.2) is 25.7 Å². The summed E-state index contributed by atoms with van der Waals surface area (Å²) in [6.45, 7) is 0. The number of aromatic nitrogens is 4. The van der Waals surface area contributed by atoms with Crippen molar-refractivity contribution in [1.82, 2.24) is 19.8 Å². The minimum Gasteiger partial charge on any atom is -0.322 e. The Balaban J connectivity index is 1.61. The number of amides is 1. The molecular formula is C18H12FN5O. The number of nitrogens with zero attached hydrogens (tertiary/aromatic N) is 4. The third-order valence-electron chi connectivity index (χ3n) is 3.65. The second-order valence-corrected chi connectivity index (χ2v) is 5.36. The molecule has 6 nitrogen and oxygen atoms in total. The van der Waals surface area contributed by atoms with E-state index in [4.69, 9.17) is 0 Å². The van der Waals surface area contributed by atoms with Crippen molar-refractivity contribution in [2.24, 2.45) is 0 Å². The zero-order valence-corrected chi connectivity index (χ0v) is 12.9. The second-order valence-electron chi connectivity index (χ2n) is 5.36. The number of hydrogen-bond donors (Lipinski definition) is 1. The predicted octanol–water partition coefficient (Wildman–Crippen LogP) is 3.07. The zero-order chi connectivity index (χ0) is 17.2. The predicted molar refractivity (Wildman–Crippen MR) is 92.4 cm³/mol. The van der Waals surface area contributed by atoms with Gasteiger partial charge < -0.3 is 5.32 Å². The first-order chi connectivity index (χ1) is 12.2. The molecule has 0 saturated heterocycles. The molecule has 0 fully saturated rings. The normalized spacial score (nSPS) is 11.4. The van der Waals surface area contributed by atoms with E-state index in [2.05, 4.69) is 20.6 Å². The molecule has 1 amide bonds. The van der Waals surface area contributed by atoms with E-state index in [1.807, 2.05) is 24.3 Å². The first-order valence-corrected chi connectivity index (χ1v) is 7.54. The van der Waals surface area contributed by atoms with Gasteiger partial charge in [0.05, 0.1) is 6.20 Å². The highest BCUT2D eigenvalue weighted by atomic mass is 19.1. The summed E-state index contributed by atoms with van der Waals surface area (Å²) in [5.74, 6) is -0.389. The summed E-state index contributed by atoms with van der Waals surface area (Å²) in [6, 6.07) is 13.4. The lowest BCUT2D eigenvalue weighted by Crippen LogP contribution is -2.08. The largest absolute Gasteiger partial charge is 0.322 e. The molecule has 4 rings (SSSR count). The number of benzene rings is 2. The van der Waals surface area contributed by atoms with Crippen molar-refractivity contribution in [1.29, 1.82) is 0 Å². The van der Waals surface area contributed by atoms with E-state index in [0.29, 0.717) is 17.2 Å². The maximum Gasteiger partial charge on any atom is 0.248 e. The van der Waals surface area contributed by atoms with Gasteiger partial charge in [0.15, 0.2) is 11.5 Å². The second kappa shape index (κ2) is 6.12. The van der Waals surface area contributed by atoms with Gasteiger partial charge in [0.25, 0.3) is 0 Å². The molecule has 1 N–H and O–H groups in total. The van der Waals surface area contributed by atoms with Crippen LogP contribution in [0.5, 0.6) is 0 Å². The van der Waals surface area contributed by atoms with E-state index >= 15 is 0 Å². The Labute approximate surface area is 141 Å². The highest BCUT2D eigenvalue weighted by Crippen LogP contribution is 2.17. The molecule has 2 heterocycles. The van der Waals surface area contributed by atoms with Crippen LogP contribution in [0.2, 0.25) is 0 Å². The average Bonchev–Trinajstić information content (AvgIpc) is 3.03. The van der Waals surface area contributed by atoms with Gasteiger partial charge in [-0.15, -0.1) is 10.2 Å². The fourth-order valence-electron chi connectivity index (χ4n) is 2.51. The van der Waals surface area contributed by atoms with Crippen molar-refractivity contribution < 1.29 is 9.18 Å². The van der Waals surface area contributed by atoms with Crippen molar-refractivity contribution >= 4 is 34.1 Å². The fraction of sp³-hybridized carbons (Fsp3) is 0. The summed E-state index contributed by atoms with van der Waals surface area (Å²) in [4.78, 5) is 12.0. The molecule has 4 aromatic rings. The number of halogens is 1. The van der Waals surface area contributed by atoms with E-state index in [1.54, 1.807) is 16.8 Å². The third-order valence-corrected chi connectivity index (χ3v) is 3.65. The monoisotopic (exact) mass is 333 g/mol. The van der Waals surface area contributed by atoms with Gasteiger partial charge in [-0.2, -0.15) is 9.61 Å². The number of carbonyl (C=O) groups is 1. The lowest BCUT2D eigenvalue weighted by Gasteiger charge is -2.01. The lowest BCUT2D eigenvalue weighted by molar-refractivity contribution is -0.111. The van der Waals surface area contributed by atoms with Crippen LogP contribution in [0.4, 0.5) is 10.1 Å². The highest BCUT2D eigenvalue weighted by Gasteiger charge is 2.08. The number of anilines is 1. The van der Waals surface area contributed by atoms with Crippen LogP contribution in [0.25, 0.3) is 22.5 Å². The van der Waals surface area contributed by atoms with Gasteiger partial charge in [0.1, 0.15) is 5.82 Å². The highest BCUT2D eigenvalue weighted by molar-refractivity contribution is 6.01. The van der Waals surface area contributed by atoms with Crippen LogP contribution in [0.15, 0.2) is 60.8 Å². The Hall–Kier alpha value is -3.61. The summed E-state index contributed by atoms with van der Waals surface area (Å²) in [7, 11) is 0. The van der Waals surface area contributed by atoms with Crippen molar-refractivity contribution in [3.8, 4) is 0 Å². The van der Waals surface area contributed by atoms with Gasteiger partial charge in [0.2, 0.25) is 5.91 Å². The van der Waals surface area contributed by atoms with Crippen molar-refractivity contribution in [2.75, 3.05) is 5.32 Å². The Morgan fingerprint density at radius 1 is 1.12 bits per heavy atom. The Morgan fingerprint density at radius 3 is 2.88 bits per heavy atom. The third kappa shape index (κ3) is 2.94. The zero-order valence-electron chi connectivity index (χ0n) is 12.9. The molecule has 122 valence electrons. The molecule has 0 aliphatic heterocycles.